The van der Waals surface area contributed by atoms with E-state index < -0.39 is 33.3 Å². The van der Waals surface area contributed by atoms with Crippen LogP contribution >= 0.6 is 0 Å². The lowest BCUT2D eigenvalue weighted by molar-refractivity contribution is -0.146. The Kier molecular flexibility index (Phi) is 4.69. The minimum absolute atomic E-state index is 0.153. The van der Waals surface area contributed by atoms with Crippen molar-refractivity contribution in [3.05, 3.63) is 0 Å². The van der Waals surface area contributed by atoms with Crippen LogP contribution < -0.4 is 0 Å². The Bertz CT molecular complexity index is 432. The van der Waals surface area contributed by atoms with E-state index in [4.69, 9.17) is 5.11 Å². The van der Waals surface area contributed by atoms with Gasteiger partial charge in [0, 0.05) is 6.54 Å². The van der Waals surface area contributed by atoms with Crippen LogP contribution in [0.2, 0.25) is 0 Å². The number of hydrogen-bond acceptors (Lipinski definition) is 5. The smallest absolute Gasteiger partial charge is 0.324 e. The number of esters is 1. The van der Waals surface area contributed by atoms with E-state index in [1.54, 1.807) is 0 Å². The molecule has 0 aromatic rings. The molecule has 2 unspecified atom stereocenters. The van der Waals surface area contributed by atoms with Gasteiger partial charge in [-0.2, -0.15) is 4.31 Å². The second-order valence-corrected chi connectivity index (χ2v) is 6.38. The Morgan fingerprint density at radius 1 is 1.39 bits per heavy atom. The van der Waals surface area contributed by atoms with Crippen molar-refractivity contribution in [2.24, 2.45) is 0 Å². The van der Waals surface area contributed by atoms with E-state index in [1.165, 1.54) is 7.11 Å². The zero-order valence-corrected chi connectivity index (χ0v) is 11.1. The van der Waals surface area contributed by atoms with Gasteiger partial charge >= 0.3 is 11.9 Å². The highest BCUT2D eigenvalue weighted by molar-refractivity contribution is 7.90. The predicted molar refractivity (Wildman–Crippen MR) is 62.4 cm³/mol. The Morgan fingerprint density at radius 2 is 2.00 bits per heavy atom. The number of methoxy groups -OCH3 is 1. The molecule has 0 aromatic heterocycles. The monoisotopic (exact) mass is 279 g/mol. The highest BCUT2D eigenvalue weighted by Crippen LogP contribution is 2.23. The van der Waals surface area contributed by atoms with Crippen LogP contribution in [0.5, 0.6) is 0 Å². The first-order valence-electron chi connectivity index (χ1n) is 5.63. The lowest BCUT2D eigenvalue weighted by Crippen LogP contribution is -2.52. The molecule has 7 nitrogen and oxygen atoms in total. The molecule has 0 bridgehead atoms. The number of nitrogens with zero attached hydrogens (tertiary/aromatic N) is 1. The summed E-state index contributed by atoms with van der Waals surface area (Å²) >= 11 is 0. The molecule has 2 atom stereocenters. The third kappa shape index (κ3) is 2.81. The molecule has 18 heavy (non-hydrogen) atoms. The van der Waals surface area contributed by atoms with Gasteiger partial charge in [-0.25, -0.2) is 8.42 Å². The fourth-order valence-electron chi connectivity index (χ4n) is 1.91. The fraction of sp³-hybridized carbons (Fsp3) is 0.800. The van der Waals surface area contributed by atoms with Crippen LogP contribution in [-0.4, -0.2) is 54.7 Å². The first-order chi connectivity index (χ1) is 8.32. The van der Waals surface area contributed by atoms with Crippen molar-refractivity contribution in [1.82, 2.24) is 4.31 Å². The predicted octanol–water partition coefficient (Wildman–Crippen LogP) is -0.183. The van der Waals surface area contributed by atoms with E-state index in [9.17, 15) is 18.0 Å². The molecule has 1 saturated heterocycles. The highest BCUT2D eigenvalue weighted by atomic mass is 32.2. The van der Waals surface area contributed by atoms with E-state index in [2.05, 4.69) is 4.74 Å². The normalized spacial score (nSPS) is 23.3. The number of carboxylic acid groups (broad SMARTS) is 1. The number of carbonyl (C=O) groups is 2. The summed E-state index contributed by atoms with van der Waals surface area (Å²) in [7, 11) is -2.85. The van der Waals surface area contributed by atoms with Gasteiger partial charge in [-0.05, 0) is 26.2 Å². The molecule has 0 amide bonds. The van der Waals surface area contributed by atoms with Gasteiger partial charge in [0.2, 0.25) is 10.0 Å². The molecule has 0 saturated carbocycles. The highest BCUT2D eigenvalue weighted by Gasteiger charge is 2.42. The van der Waals surface area contributed by atoms with Gasteiger partial charge in [-0.3, -0.25) is 9.59 Å². The minimum Gasteiger partial charge on any atom is -0.480 e. The molecule has 0 aromatic carbocycles. The van der Waals surface area contributed by atoms with Gasteiger partial charge in [-0.15, -0.1) is 0 Å². The van der Waals surface area contributed by atoms with E-state index in [0.29, 0.717) is 19.3 Å². The molecule has 0 aliphatic carbocycles. The first kappa shape index (κ1) is 14.9. The zero-order valence-electron chi connectivity index (χ0n) is 10.3. The number of carboxylic acids is 1. The molecule has 8 heteroatoms. The van der Waals surface area contributed by atoms with Crippen molar-refractivity contribution >= 4 is 22.0 Å². The van der Waals surface area contributed by atoms with E-state index >= 15 is 0 Å². The summed E-state index contributed by atoms with van der Waals surface area (Å²) in [5.74, 6) is -2.07. The van der Waals surface area contributed by atoms with E-state index in [1.807, 2.05) is 0 Å². The molecular weight excluding hydrogens is 262 g/mol. The zero-order chi connectivity index (χ0) is 13.9. The van der Waals surface area contributed by atoms with Crippen molar-refractivity contribution in [3.63, 3.8) is 0 Å². The van der Waals surface area contributed by atoms with Crippen LogP contribution in [-0.2, 0) is 24.3 Å². The maximum Gasteiger partial charge on any atom is 0.324 e. The van der Waals surface area contributed by atoms with Crippen LogP contribution in [0.4, 0.5) is 0 Å². The first-order valence-corrected chi connectivity index (χ1v) is 7.14. The Balaban J connectivity index is 3.03. The van der Waals surface area contributed by atoms with Gasteiger partial charge in [0.15, 0.2) is 5.25 Å². The largest absolute Gasteiger partial charge is 0.480 e. The van der Waals surface area contributed by atoms with Crippen LogP contribution in [0, 0.1) is 0 Å². The lowest BCUT2D eigenvalue weighted by atomic mass is 10.1. The molecule has 1 rings (SSSR count). The topological polar surface area (TPSA) is 101 Å². The summed E-state index contributed by atoms with van der Waals surface area (Å²) in [6.07, 6.45) is 1.69. The quantitative estimate of drug-likeness (QED) is 0.716. The third-order valence-corrected chi connectivity index (χ3v) is 5.23. The van der Waals surface area contributed by atoms with Crippen molar-refractivity contribution in [1.29, 1.82) is 0 Å². The molecule has 1 fully saturated rings. The van der Waals surface area contributed by atoms with Gasteiger partial charge in [-0.1, -0.05) is 0 Å². The standard InChI is InChI=1S/C10H17NO6S/c1-7(9(12)13)18(15,16)11-6-4-3-5-8(11)10(14)17-2/h7-8H,3-6H2,1-2H3,(H,12,13). The van der Waals surface area contributed by atoms with Crippen LogP contribution in [0.3, 0.4) is 0 Å². The average Bonchev–Trinajstić information content (AvgIpc) is 2.36. The number of ether oxygens (including phenoxy) is 1. The minimum atomic E-state index is -4.03. The van der Waals surface area contributed by atoms with Crippen molar-refractivity contribution < 1.29 is 27.9 Å². The molecular formula is C10H17NO6S. The summed E-state index contributed by atoms with van der Waals surface area (Å²) in [5, 5.41) is 7.24. The Hall–Kier alpha value is -1.15. The molecule has 104 valence electrons. The second-order valence-electron chi connectivity index (χ2n) is 4.17. The van der Waals surface area contributed by atoms with Gasteiger partial charge in [0.25, 0.3) is 0 Å². The summed E-state index contributed by atoms with van der Waals surface area (Å²) in [6, 6.07) is -0.907. The number of hydrogen-bond donors (Lipinski definition) is 1. The second kappa shape index (κ2) is 5.66. The summed E-state index contributed by atoms with van der Waals surface area (Å²) in [4.78, 5) is 22.4. The number of aliphatic carboxylic acids is 1. The summed E-state index contributed by atoms with van der Waals surface area (Å²) < 4.78 is 29.7. The van der Waals surface area contributed by atoms with Gasteiger partial charge in [0.05, 0.1) is 7.11 Å². The molecule has 1 N–H and O–H groups in total. The third-order valence-electron chi connectivity index (χ3n) is 3.05. The maximum atomic E-state index is 12.1. The number of piperidine rings is 1. The summed E-state index contributed by atoms with van der Waals surface area (Å²) in [6.45, 7) is 1.25. The molecule has 1 heterocycles. The Morgan fingerprint density at radius 3 is 2.50 bits per heavy atom. The number of rotatable bonds is 4. The van der Waals surface area contributed by atoms with Crippen molar-refractivity contribution in [2.45, 2.75) is 37.5 Å². The lowest BCUT2D eigenvalue weighted by Gasteiger charge is -2.33. The van der Waals surface area contributed by atoms with E-state index in [0.717, 1.165) is 11.2 Å². The van der Waals surface area contributed by atoms with E-state index in [-0.39, 0.29) is 6.54 Å². The number of sulfonamides is 1. The maximum absolute atomic E-state index is 12.1. The molecule has 1 aliphatic rings. The van der Waals surface area contributed by atoms with Crippen molar-refractivity contribution in [2.75, 3.05) is 13.7 Å². The SMILES string of the molecule is COC(=O)C1CCCCN1S(=O)(=O)C(C)C(=O)O. The molecule has 0 spiro atoms. The summed E-state index contributed by atoms with van der Waals surface area (Å²) in [5.41, 5.74) is 0. The number of carbonyl (C=O) groups excluding carboxylic acids is 1. The average molecular weight is 279 g/mol. The van der Waals surface area contributed by atoms with Crippen LogP contribution in [0.15, 0.2) is 0 Å². The van der Waals surface area contributed by atoms with Crippen LogP contribution in [0.25, 0.3) is 0 Å². The Labute approximate surface area is 106 Å². The molecule has 1 aliphatic heterocycles. The molecule has 0 radical (unpaired) electrons. The van der Waals surface area contributed by atoms with Gasteiger partial charge < -0.3 is 9.84 Å². The van der Waals surface area contributed by atoms with Gasteiger partial charge in [0.1, 0.15) is 6.04 Å². The van der Waals surface area contributed by atoms with Crippen molar-refractivity contribution in [3.8, 4) is 0 Å². The van der Waals surface area contributed by atoms with Crippen LogP contribution in [0.1, 0.15) is 26.2 Å². The fourth-order valence-corrected chi connectivity index (χ4v) is 3.50.